The standard InChI is InChI=1S/C13H21N3OS.ClH/c1-2-6-9(14)12(17)16-13-15-10-7-4-3-5-8-11(10)18-13;/h9H,2-8,14H2,1H3,(H,15,16,17);1H. The van der Waals surface area contributed by atoms with E-state index in [0.717, 1.165) is 30.8 Å². The molecule has 1 aromatic rings. The van der Waals surface area contributed by atoms with Crippen LogP contribution < -0.4 is 11.1 Å². The average Bonchev–Trinajstić information content (AvgIpc) is 2.59. The van der Waals surface area contributed by atoms with Gasteiger partial charge in [0.1, 0.15) is 0 Å². The van der Waals surface area contributed by atoms with Crippen LogP contribution in [0, 0.1) is 0 Å². The number of nitrogens with one attached hydrogen (secondary N) is 1. The SMILES string of the molecule is CCCC(N)C(=O)Nc1nc2c(s1)CCCCC2.Cl. The molecule has 2 rings (SSSR count). The minimum Gasteiger partial charge on any atom is -0.320 e. The largest absolute Gasteiger partial charge is 0.320 e. The predicted octanol–water partition coefficient (Wildman–Crippen LogP) is 2.90. The first kappa shape index (κ1) is 16.4. The number of carbonyl (C=O) groups is 1. The molecule has 0 bridgehead atoms. The highest BCUT2D eigenvalue weighted by atomic mass is 35.5. The summed E-state index contributed by atoms with van der Waals surface area (Å²) < 4.78 is 0. The maximum Gasteiger partial charge on any atom is 0.243 e. The number of hydrogen-bond acceptors (Lipinski definition) is 4. The topological polar surface area (TPSA) is 68.0 Å². The highest BCUT2D eigenvalue weighted by Crippen LogP contribution is 2.28. The third-order valence-corrected chi connectivity index (χ3v) is 4.34. The minimum absolute atomic E-state index is 0. The first-order valence-electron chi connectivity index (χ1n) is 6.75. The Morgan fingerprint density at radius 1 is 1.42 bits per heavy atom. The van der Waals surface area contributed by atoms with Crippen molar-refractivity contribution in [2.24, 2.45) is 5.73 Å². The van der Waals surface area contributed by atoms with E-state index in [4.69, 9.17) is 5.73 Å². The van der Waals surface area contributed by atoms with Crippen molar-refractivity contribution in [2.45, 2.75) is 57.9 Å². The van der Waals surface area contributed by atoms with Gasteiger partial charge in [-0.3, -0.25) is 4.79 Å². The molecule has 0 aromatic carbocycles. The number of anilines is 1. The van der Waals surface area contributed by atoms with E-state index in [1.807, 2.05) is 6.92 Å². The fourth-order valence-corrected chi connectivity index (χ4v) is 3.28. The molecule has 1 aliphatic rings. The van der Waals surface area contributed by atoms with Gasteiger partial charge in [-0.15, -0.1) is 23.7 Å². The molecule has 1 aromatic heterocycles. The molecule has 1 amide bonds. The zero-order valence-corrected chi connectivity index (χ0v) is 12.9. The molecule has 0 saturated heterocycles. The Labute approximate surface area is 124 Å². The summed E-state index contributed by atoms with van der Waals surface area (Å²) >= 11 is 1.61. The lowest BCUT2D eigenvalue weighted by atomic mass is 10.2. The zero-order chi connectivity index (χ0) is 13.0. The number of rotatable bonds is 4. The Bertz CT molecular complexity index is 399. The van der Waals surface area contributed by atoms with Crippen molar-refractivity contribution in [1.82, 2.24) is 4.98 Å². The van der Waals surface area contributed by atoms with Crippen LogP contribution in [-0.2, 0) is 17.6 Å². The second kappa shape index (κ2) is 7.82. The summed E-state index contributed by atoms with van der Waals surface area (Å²) in [5.41, 5.74) is 6.97. The van der Waals surface area contributed by atoms with Crippen molar-refractivity contribution in [2.75, 3.05) is 5.32 Å². The molecular formula is C13H22ClN3OS. The lowest BCUT2D eigenvalue weighted by Crippen LogP contribution is -2.35. The normalized spacial score (nSPS) is 15.9. The smallest absolute Gasteiger partial charge is 0.243 e. The number of amides is 1. The van der Waals surface area contributed by atoms with Gasteiger partial charge in [-0.1, -0.05) is 19.8 Å². The van der Waals surface area contributed by atoms with Crippen molar-refractivity contribution in [1.29, 1.82) is 0 Å². The first-order valence-corrected chi connectivity index (χ1v) is 7.57. The number of halogens is 1. The summed E-state index contributed by atoms with van der Waals surface area (Å²) in [5.74, 6) is -0.110. The molecule has 0 saturated carbocycles. The summed E-state index contributed by atoms with van der Waals surface area (Å²) in [7, 11) is 0. The molecule has 1 atom stereocenters. The Hall–Kier alpha value is -0.650. The Balaban J connectivity index is 0.00000180. The van der Waals surface area contributed by atoms with Crippen molar-refractivity contribution >= 4 is 34.8 Å². The second-order valence-electron chi connectivity index (χ2n) is 4.83. The molecule has 19 heavy (non-hydrogen) atoms. The first-order chi connectivity index (χ1) is 8.70. The number of aryl methyl sites for hydroxylation is 2. The molecule has 0 fully saturated rings. The van der Waals surface area contributed by atoms with Crippen LogP contribution in [0.2, 0.25) is 0 Å². The van der Waals surface area contributed by atoms with Crippen LogP contribution in [0.1, 0.15) is 49.6 Å². The van der Waals surface area contributed by atoms with E-state index in [0.29, 0.717) is 0 Å². The molecule has 1 heterocycles. The molecule has 1 unspecified atom stereocenters. The van der Waals surface area contributed by atoms with Crippen LogP contribution in [0.4, 0.5) is 5.13 Å². The Kier molecular flexibility index (Phi) is 6.75. The van der Waals surface area contributed by atoms with E-state index in [1.54, 1.807) is 11.3 Å². The average molecular weight is 304 g/mol. The summed E-state index contributed by atoms with van der Waals surface area (Å²) in [6.07, 6.45) is 7.51. The van der Waals surface area contributed by atoms with Crippen LogP contribution in [0.3, 0.4) is 0 Å². The van der Waals surface area contributed by atoms with Crippen molar-refractivity contribution < 1.29 is 4.79 Å². The molecule has 0 aliphatic heterocycles. The Morgan fingerprint density at radius 3 is 2.89 bits per heavy atom. The summed E-state index contributed by atoms with van der Waals surface area (Å²) in [6.45, 7) is 2.03. The van der Waals surface area contributed by atoms with Gasteiger partial charge in [0, 0.05) is 4.88 Å². The number of fused-ring (bicyclic) bond motifs is 1. The maximum absolute atomic E-state index is 11.8. The van der Waals surface area contributed by atoms with Crippen molar-refractivity contribution in [3.63, 3.8) is 0 Å². The summed E-state index contributed by atoms with van der Waals surface area (Å²) in [6, 6.07) is -0.418. The molecular weight excluding hydrogens is 282 g/mol. The third kappa shape index (κ3) is 4.44. The van der Waals surface area contributed by atoms with Gasteiger partial charge in [0.15, 0.2) is 5.13 Å². The molecule has 0 radical (unpaired) electrons. The van der Waals surface area contributed by atoms with Gasteiger partial charge in [0.05, 0.1) is 11.7 Å². The number of nitrogens with two attached hydrogens (primary N) is 1. The van der Waals surface area contributed by atoms with Crippen LogP contribution in [-0.4, -0.2) is 16.9 Å². The lowest BCUT2D eigenvalue weighted by molar-refractivity contribution is -0.117. The van der Waals surface area contributed by atoms with E-state index in [2.05, 4.69) is 10.3 Å². The van der Waals surface area contributed by atoms with Crippen LogP contribution >= 0.6 is 23.7 Å². The molecule has 6 heteroatoms. The van der Waals surface area contributed by atoms with E-state index >= 15 is 0 Å². The molecule has 1 aliphatic carbocycles. The highest BCUT2D eigenvalue weighted by Gasteiger charge is 2.17. The highest BCUT2D eigenvalue weighted by molar-refractivity contribution is 7.15. The van der Waals surface area contributed by atoms with Gasteiger partial charge in [-0.2, -0.15) is 0 Å². The van der Waals surface area contributed by atoms with Gasteiger partial charge in [-0.25, -0.2) is 4.98 Å². The van der Waals surface area contributed by atoms with Crippen LogP contribution in [0.15, 0.2) is 0 Å². The number of thiazole rings is 1. The van der Waals surface area contributed by atoms with Crippen LogP contribution in [0.25, 0.3) is 0 Å². The van der Waals surface area contributed by atoms with E-state index < -0.39 is 6.04 Å². The number of nitrogens with zero attached hydrogens (tertiary/aromatic N) is 1. The molecule has 3 N–H and O–H groups in total. The van der Waals surface area contributed by atoms with Gasteiger partial charge < -0.3 is 11.1 Å². The second-order valence-corrected chi connectivity index (χ2v) is 5.92. The molecule has 108 valence electrons. The fraction of sp³-hybridized carbons (Fsp3) is 0.692. The zero-order valence-electron chi connectivity index (χ0n) is 11.3. The van der Waals surface area contributed by atoms with Gasteiger partial charge in [0.2, 0.25) is 5.91 Å². The minimum atomic E-state index is -0.418. The van der Waals surface area contributed by atoms with E-state index in [1.165, 1.54) is 29.8 Å². The van der Waals surface area contributed by atoms with Crippen molar-refractivity contribution in [3.05, 3.63) is 10.6 Å². The molecule has 0 spiro atoms. The van der Waals surface area contributed by atoms with E-state index in [9.17, 15) is 4.79 Å². The molecule has 4 nitrogen and oxygen atoms in total. The monoisotopic (exact) mass is 303 g/mol. The van der Waals surface area contributed by atoms with Gasteiger partial charge >= 0.3 is 0 Å². The van der Waals surface area contributed by atoms with Crippen LogP contribution in [0.5, 0.6) is 0 Å². The van der Waals surface area contributed by atoms with Gasteiger partial charge in [-0.05, 0) is 32.1 Å². The lowest BCUT2D eigenvalue weighted by Gasteiger charge is -2.08. The maximum atomic E-state index is 11.8. The van der Waals surface area contributed by atoms with Gasteiger partial charge in [0.25, 0.3) is 0 Å². The third-order valence-electron chi connectivity index (χ3n) is 3.26. The Morgan fingerprint density at radius 2 is 2.16 bits per heavy atom. The number of hydrogen-bond donors (Lipinski definition) is 2. The van der Waals surface area contributed by atoms with Crippen molar-refractivity contribution in [3.8, 4) is 0 Å². The predicted molar refractivity (Wildman–Crippen MR) is 82.1 cm³/mol. The quantitative estimate of drug-likeness (QED) is 0.840. The number of aromatic nitrogens is 1. The fourth-order valence-electron chi connectivity index (χ4n) is 2.22. The summed E-state index contributed by atoms with van der Waals surface area (Å²) in [5, 5.41) is 3.57. The summed E-state index contributed by atoms with van der Waals surface area (Å²) in [4.78, 5) is 17.7. The van der Waals surface area contributed by atoms with E-state index in [-0.39, 0.29) is 18.3 Å². The number of carbonyl (C=O) groups excluding carboxylic acids is 1.